The third kappa shape index (κ3) is 2.62. The van der Waals surface area contributed by atoms with Crippen molar-refractivity contribution in [2.24, 2.45) is 7.05 Å². The van der Waals surface area contributed by atoms with Crippen molar-refractivity contribution >= 4 is 44.1 Å². The topological polar surface area (TPSA) is 3.88 Å². The van der Waals surface area contributed by atoms with E-state index in [1.807, 2.05) is 11.8 Å². The van der Waals surface area contributed by atoms with Crippen molar-refractivity contribution in [2.75, 3.05) is 0 Å². The van der Waals surface area contributed by atoms with Gasteiger partial charge in [-0.3, -0.25) is 0 Å². The Morgan fingerprint density at radius 2 is 1.50 bits per heavy atom. The zero-order valence-corrected chi connectivity index (χ0v) is 20.4. The monoisotopic (exact) mass is 434 g/mol. The minimum Gasteiger partial charge on any atom is -0.200 e. The van der Waals surface area contributed by atoms with Crippen LogP contribution in [-0.2, 0) is 12.5 Å². The summed E-state index contributed by atoms with van der Waals surface area (Å²) in [6.07, 6.45) is 2.24. The molecule has 0 saturated carbocycles. The molecule has 4 aromatic carbocycles. The molecule has 32 heavy (non-hydrogen) atoms. The van der Waals surface area contributed by atoms with E-state index < -0.39 is 0 Å². The van der Waals surface area contributed by atoms with Gasteiger partial charge in [0.05, 0.1) is 10.9 Å². The summed E-state index contributed by atoms with van der Waals surface area (Å²) < 4.78 is 2.32. The molecule has 0 N–H and O–H groups in total. The molecule has 2 heterocycles. The number of aryl methyl sites for hydroxylation is 3. The largest absolute Gasteiger partial charge is 0.222 e. The third-order valence-electron chi connectivity index (χ3n) is 7.19. The van der Waals surface area contributed by atoms with Crippen molar-refractivity contribution in [3.63, 3.8) is 0 Å². The highest BCUT2D eigenvalue weighted by Gasteiger charge is 2.31. The number of hydrogen-bond donors (Lipinski definition) is 0. The highest BCUT2D eigenvalue weighted by Crippen LogP contribution is 2.52. The van der Waals surface area contributed by atoms with Crippen LogP contribution in [0.4, 0.5) is 0 Å². The molecule has 0 saturated heterocycles. The van der Waals surface area contributed by atoms with Gasteiger partial charge in [-0.15, -0.1) is 0 Å². The van der Waals surface area contributed by atoms with Gasteiger partial charge in [-0.05, 0) is 63.6 Å². The molecule has 0 aliphatic carbocycles. The fourth-order valence-corrected chi connectivity index (χ4v) is 6.72. The van der Waals surface area contributed by atoms with Gasteiger partial charge in [0.1, 0.15) is 7.05 Å². The van der Waals surface area contributed by atoms with Crippen molar-refractivity contribution in [3.8, 4) is 11.3 Å². The number of aromatic nitrogens is 1. The molecule has 5 aromatic rings. The molecule has 0 unspecified atom stereocenters. The lowest BCUT2D eigenvalue weighted by molar-refractivity contribution is -0.659. The predicted molar refractivity (Wildman–Crippen MR) is 138 cm³/mol. The van der Waals surface area contributed by atoms with Gasteiger partial charge in [-0.1, -0.05) is 75.0 Å². The number of pyridine rings is 1. The van der Waals surface area contributed by atoms with Crippen LogP contribution in [0.3, 0.4) is 0 Å². The van der Waals surface area contributed by atoms with E-state index in [2.05, 4.69) is 107 Å². The minimum atomic E-state index is 0.140. The van der Waals surface area contributed by atoms with Crippen LogP contribution >= 0.6 is 11.8 Å². The lowest BCUT2D eigenvalue weighted by Gasteiger charge is -2.24. The Kier molecular flexibility index (Phi) is 4.08. The fraction of sp³-hybridized carbons (Fsp3) is 0.233. The second kappa shape index (κ2) is 6.59. The van der Waals surface area contributed by atoms with Crippen LogP contribution in [0.5, 0.6) is 0 Å². The SMILES string of the molecule is Cc1c2c(c(C)c3ccccc13)-c1c3c(cc4cc(C(C)(C)C)ccc4c3cc[n+]1C)S2. The highest BCUT2D eigenvalue weighted by molar-refractivity contribution is 8.00. The smallest absolute Gasteiger partial charge is 0.200 e. The number of rotatable bonds is 0. The molecule has 1 nitrogen and oxygen atoms in total. The van der Waals surface area contributed by atoms with E-state index in [1.54, 1.807) is 0 Å². The highest BCUT2D eigenvalue weighted by atomic mass is 32.2. The lowest BCUT2D eigenvalue weighted by atomic mass is 9.85. The molecule has 1 aromatic heterocycles. The molecule has 158 valence electrons. The summed E-state index contributed by atoms with van der Waals surface area (Å²) in [5.74, 6) is 0. The molecule has 1 aliphatic heterocycles. The number of benzene rings is 4. The Labute approximate surface area is 194 Å². The van der Waals surface area contributed by atoms with E-state index in [-0.39, 0.29) is 5.41 Å². The molecule has 0 amide bonds. The van der Waals surface area contributed by atoms with Gasteiger partial charge < -0.3 is 0 Å². The summed E-state index contributed by atoms with van der Waals surface area (Å²) in [5, 5.41) is 8.16. The lowest BCUT2D eigenvalue weighted by Crippen LogP contribution is -2.32. The fourth-order valence-electron chi connectivity index (χ4n) is 5.39. The van der Waals surface area contributed by atoms with Crippen LogP contribution in [0.1, 0.15) is 37.5 Å². The standard InChI is InChI=1S/C30H28NS/c1-17-21-9-7-8-10-22(21)18(2)29-26(17)28-27-24(13-14-31(28)6)23-12-11-20(30(3,4)5)15-19(23)16-25(27)32-29/h7-16H,1-6H3/q+1. The number of hydrogen-bond acceptors (Lipinski definition) is 1. The maximum atomic E-state index is 2.42. The van der Waals surface area contributed by atoms with E-state index in [4.69, 9.17) is 0 Å². The van der Waals surface area contributed by atoms with Gasteiger partial charge in [-0.25, -0.2) is 4.57 Å². The molecule has 1 aliphatic rings. The Morgan fingerprint density at radius 1 is 0.781 bits per heavy atom. The Hall–Kier alpha value is -2.84. The van der Waals surface area contributed by atoms with Gasteiger partial charge in [0, 0.05) is 21.2 Å². The summed E-state index contributed by atoms with van der Waals surface area (Å²) in [4.78, 5) is 2.78. The number of fused-ring (bicyclic) bond motifs is 5. The quantitative estimate of drug-likeness (QED) is 0.173. The first kappa shape index (κ1) is 19.8. The van der Waals surface area contributed by atoms with Crippen molar-refractivity contribution in [1.29, 1.82) is 0 Å². The average Bonchev–Trinajstić information content (AvgIpc) is 2.77. The van der Waals surface area contributed by atoms with Gasteiger partial charge in [0.2, 0.25) is 5.69 Å². The van der Waals surface area contributed by atoms with Crippen molar-refractivity contribution < 1.29 is 4.57 Å². The zero-order valence-electron chi connectivity index (χ0n) is 19.6. The van der Waals surface area contributed by atoms with Crippen LogP contribution in [-0.4, -0.2) is 0 Å². The Balaban J connectivity index is 1.78. The maximum absolute atomic E-state index is 2.42. The Bertz CT molecular complexity index is 1600. The molecule has 0 spiro atoms. The van der Waals surface area contributed by atoms with Gasteiger partial charge >= 0.3 is 0 Å². The molecular weight excluding hydrogens is 406 g/mol. The molecular formula is C30H28NS+. The van der Waals surface area contributed by atoms with Gasteiger partial charge in [-0.2, -0.15) is 0 Å². The first-order chi connectivity index (χ1) is 15.3. The van der Waals surface area contributed by atoms with Crippen LogP contribution < -0.4 is 4.57 Å². The van der Waals surface area contributed by atoms with Gasteiger partial charge in [0.15, 0.2) is 6.20 Å². The first-order valence-electron chi connectivity index (χ1n) is 11.4. The van der Waals surface area contributed by atoms with Crippen molar-refractivity contribution in [1.82, 2.24) is 0 Å². The van der Waals surface area contributed by atoms with E-state index in [0.717, 1.165) is 0 Å². The normalized spacial score (nSPS) is 13.2. The second-order valence-electron chi connectivity index (χ2n) is 10.2. The van der Waals surface area contributed by atoms with Crippen molar-refractivity contribution in [3.05, 3.63) is 77.5 Å². The molecule has 0 radical (unpaired) electrons. The molecule has 0 bridgehead atoms. The third-order valence-corrected chi connectivity index (χ3v) is 8.45. The zero-order chi connectivity index (χ0) is 22.4. The molecule has 6 rings (SSSR count). The second-order valence-corrected chi connectivity index (χ2v) is 11.3. The summed E-state index contributed by atoms with van der Waals surface area (Å²) in [6, 6.07) is 20.6. The molecule has 2 heteroatoms. The molecule has 0 fully saturated rings. The van der Waals surface area contributed by atoms with E-state index in [0.29, 0.717) is 0 Å². The van der Waals surface area contributed by atoms with Crippen LogP contribution in [0.25, 0.3) is 43.6 Å². The van der Waals surface area contributed by atoms with Crippen LogP contribution in [0.15, 0.2) is 70.6 Å². The van der Waals surface area contributed by atoms with Crippen LogP contribution in [0.2, 0.25) is 0 Å². The number of nitrogens with zero attached hydrogens (tertiary/aromatic N) is 1. The van der Waals surface area contributed by atoms with E-state index >= 15 is 0 Å². The summed E-state index contributed by atoms with van der Waals surface area (Å²) in [6.45, 7) is 11.5. The Morgan fingerprint density at radius 3 is 2.22 bits per heavy atom. The molecule has 0 atom stereocenters. The van der Waals surface area contributed by atoms with Crippen molar-refractivity contribution in [2.45, 2.75) is 49.8 Å². The summed E-state index contributed by atoms with van der Waals surface area (Å²) in [5.41, 5.74) is 7.04. The summed E-state index contributed by atoms with van der Waals surface area (Å²) >= 11 is 1.95. The van der Waals surface area contributed by atoms with E-state index in [1.165, 1.54) is 70.1 Å². The predicted octanol–water partition coefficient (Wildman–Crippen LogP) is 8.02. The van der Waals surface area contributed by atoms with Gasteiger partial charge in [0.25, 0.3) is 0 Å². The first-order valence-corrected chi connectivity index (χ1v) is 12.2. The minimum absolute atomic E-state index is 0.140. The average molecular weight is 435 g/mol. The van der Waals surface area contributed by atoms with Crippen LogP contribution in [0, 0.1) is 13.8 Å². The summed E-state index contributed by atoms with van der Waals surface area (Å²) in [7, 11) is 2.19. The van der Waals surface area contributed by atoms with E-state index in [9.17, 15) is 0 Å². The maximum Gasteiger partial charge on any atom is 0.222 e.